The molecule has 0 aliphatic carbocycles. The first-order chi connectivity index (χ1) is 24.8. The summed E-state index contributed by atoms with van der Waals surface area (Å²) in [7, 11) is 4.68. The lowest BCUT2D eigenvalue weighted by Gasteiger charge is -2.13. The van der Waals surface area contributed by atoms with Crippen LogP contribution < -0.4 is 48.6 Å². The van der Waals surface area contributed by atoms with Crippen LogP contribution in [0, 0.1) is 0 Å². The Morgan fingerprint density at radius 3 is 1.08 bits per heavy atom. The van der Waals surface area contributed by atoms with Gasteiger partial charge in [0.25, 0.3) is 0 Å². The van der Waals surface area contributed by atoms with Gasteiger partial charge in [0.2, 0.25) is 0 Å². The zero-order valence-electron chi connectivity index (χ0n) is 28.5. The Balaban J connectivity index is 0.000000176. The number of anilines is 6. The molecule has 12 N–H and O–H groups in total. The monoisotopic (exact) mass is 778 g/mol. The Labute approximate surface area is 322 Å². The second-order valence-corrected chi connectivity index (χ2v) is 12.8. The average Bonchev–Trinajstić information content (AvgIpc) is 3.12. The number of ether oxygens (including phenoxy) is 3. The fourth-order valence-corrected chi connectivity index (χ4v) is 5.79. The number of halogens is 4. The molecule has 270 valence electrons. The van der Waals surface area contributed by atoms with Crippen LogP contribution in [0.4, 0.5) is 34.1 Å². The van der Waals surface area contributed by atoms with Crippen molar-refractivity contribution in [3.63, 3.8) is 0 Å². The highest BCUT2D eigenvalue weighted by atomic mass is 35.5. The molecule has 0 aliphatic heterocycles. The maximum atomic E-state index is 6.23. The first kappa shape index (κ1) is 39.5. The third-order valence-electron chi connectivity index (χ3n) is 7.74. The number of methoxy groups -OCH3 is 3. The SMILES string of the molecule is COc1cc(-c2cc(OC)c(N)cc2Cl)c(Cl)cc1N.COc1cc(-c2ccc(N)cc2)ccc1N.Nc1ccc(-c2ccc(N)c(Cl)c2)cc1Cl. The Kier molecular flexibility index (Phi) is 13.5. The third-order valence-corrected chi connectivity index (χ3v) is 9.02. The van der Waals surface area contributed by atoms with Gasteiger partial charge in [-0.3, -0.25) is 0 Å². The lowest BCUT2D eigenvalue weighted by Crippen LogP contribution is -1.96. The highest BCUT2D eigenvalue weighted by Crippen LogP contribution is 2.42. The molecule has 9 nitrogen and oxygen atoms in total. The zero-order chi connectivity index (χ0) is 38.1. The van der Waals surface area contributed by atoms with Crippen molar-refractivity contribution < 1.29 is 14.2 Å². The van der Waals surface area contributed by atoms with Crippen molar-refractivity contribution >= 4 is 80.5 Å². The smallest absolute Gasteiger partial charge is 0.142 e. The van der Waals surface area contributed by atoms with Crippen LogP contribution in [-0.4, -0.2) is 21.3 Å². The van der Waals surface area contributed by atoms with Gasteiger partial charge in [-0.25, -0.2) is 0 Å². The van der Waals surface area contributed by atoms with E-state index in [1.807, 2.05) is 54.6 Å². The van der Waals surface area contributed by atoms with Crippen molar-refractivity contribution in [2.75, 3.05) is 55.7 Å². The molecule has 0 fully saturated rings. The molecular formula is C39H38Cl4N6O3. The summed E-state index contributed by atoms with van der Waals surface area (Å²) in [6.45, 7) is 0. The molecule has 0 aliphatic rings. The molecule has 0 saturated carbocycles. The van der Waals surface area contributed by atoms with Crippen LogP contribution in [0.15, 0.2) is 103 Å². The van der Waals surface area contributed by atoms with Crippen molar-refractivity contribution in [2.24, 2.45) is 0 Å². The molecular weight excluding hydrogens is 742 g/mol. The van der Waals surface area contributed by atoms with Gasteiger partial charge >= 0.3 is 0 Å². The molecule has 0 spiro atoms. The Bertz CT molecular complexity index is 2070. The number of hydrogen-bond donors (Lipinski definition) is 6. The average molecular weight is 781 g/mol. The first-order valence-corrected chi connectivity index (χ1v) is 16.9. The fourth-order valence-electron chi connectivity index (χ4n) is 4.88. The van der Waals surface area contributed by atoms with Gasteiger partial charge in [-0.2, -0.15) is 0 Å². The molecule has 0 aromatic heterocycles. The second kappa shape index (κ2) is 17.7. The standard InChI is InChI=1S/C14H14Cl2N2O2.C13H14N2O.C12H10Cl2N2/c1-19-13-3-7(9(15)5-11(13)17)8-4-14(20-2)12(18)6-10(8)16;1-16-13-8-10(4-7-12(13)15)9-2-5-11(14)6-3-9;13-9-5-7(1-3-11(9)15)8-2-4-12(16)10(14)6-8/h3-6H,17-18H2,1-2H3;2-8H,14-15H2,1H3;1-6H,15-16H2. The van der Waals surface area contributed by atoms with E-state index < -0.39 is 0 Å². The van der Waals surface area contributed by atoms with Crippen LogP contribution in [0.3, 0.4) is 0 Å². The number of benzene rings is 6. The highest BCUT2D eigenvalue weighted by Gasteiger charge is 2.15. The minimum atomic E-state index is 0.458. The molecule has 0 saturated heterocycles. The quantitative estimate of drug-likeness (QED) is 0.0896. The Morgan fingerprint density at radius 2 is 0.692 bits per heavy atom. The molecule has 0 amide bonds. The normalized spacial score (nSPS) is 10.3. The van der Waals surface area contributed by atoms with E-state index in [9.17, 15) is 0 Å². The summed E-state index contributed by atoms with van der Waals surface area (Å²) in [5.74, 6) is 1.74. The van der Waals surface area contributed by atoms with E-state index in [4.69, 9.17) is 95.0 Å². The first-order valence-electron chi connectivity index (χ1n) is 15.4. The highest BCUT2D eigenvalue weighted by molar-refractivity contribution is 6.37. The van der Waals surface area contributed by atoms with Crippen LogP contribution in [0.1, 0.15) is 0 Å². The van der Waals surface area contributed by atoms with Gasteiger partial charge in [-0.15, -0.1) is 0 Å². The summed E-state index contributed by atoms with van der Waals surface area (Å²) in [5.41, 5.74) is 43.2. The molecule has 0 unspecified atom stereocenters. The van der Waals surface area contributed by atoms with Crippen molar-refractivity contribution in [1.82, 2.24) is 0 Å². The van der Waals surface area contributed by atoms with Crippen molar-refractivity contribution in [3.05, 3.63) is 123 Å². The maximum Gasteiger partial charge on any atom is 0.142 e. The molecule has 13 heteroatoms. The molecule has 0 radical (unpaired) electrons. The summed E-state index contributed by atoms with van der Waals surface area (Å²) in [5, 5.41) is 2.00. The minimum Gasteiger partial charge on any atom is -0.495 e. The van der Waals surface area contributed by atoms with Gasteiger partial charge in [0.05, 0.1) is 69.9 Å². The van der Waals surface area contributed by atoms with Crippen LogP contribution in [0.25, 0.3) is 33.4 Å². The maximum absolute atomic E-state index is 6.23. The van der Waals surface area contributed by atoms with E-state index in [-0.39, 0.29) is 0 Å². The van der Waals surface area contributed by atoms with Gasteiger partial charge in [0.15, 0.2) is 0 Å². The molecule has 52 heavy (non-hydrogen) atoms. The van der Waals surface area contributed by atoms with Crippen molar-refractivity contribution in [2.45, 2.75) is 0 Å². The van der Waals surface area contributed by atoms with E-state index >= 15 is 0 Å². The largest absolute Gasteiger partial charge is 0.495 e. The van der Waals surface area contributed by atoms with Gasteiger partial charge in [0, 0.05) is 16.8 Å². The Hall–Kier alpha value is -5.32. The van der Waals surface area contributed by atoms with Crippen molar-refractivity contribution in [1.29, 1.82) is 0 Å². The number of hydrogen-bond acceptors (Lipinski definition) is 9. The van der Waals surface area contributed by atoms with Crippen LogP contribution in [-0.2, 0) is 0 Å². The minimum absolute atomic E-state index is 0.458. The van der Waals surface area contributed by atoms with E-state index in [2.05, 4.69) is 0 Å². The van der Waals surface area contributed by atoms with E-state index in [0.29, 0.717) is 76.9 Å². The third kappa shape index (κ3) is 9.71. The summed E-state index contributed by atoms with van der Waals surface area (Å²) < 4.78 is 15.6. The zero-order valence-corrected chi connectivity index (χ0v) is 31.5. The topological polar surface area (TPSA) is 184 Å². The number of nitrogen functional groups attached to an aromatic ring is 6. The van der Waals surface area contributed by atoms with Crippen LogP contribution in [0.5, 0.6) is 17.2 Å². The fraction of sp³-hybridized carbons (Fsp3) is 0.0769. The van der Waals surface area contributed by atoms with Crippen LogP contribution >= 0.6 is 46.4 Å². The Morgan fingerprint density at radius 1 is 0.346 bits per heavy atom. The molecule has 0 heterocycles. The number of nitrogens with two attached hydrogens (primary N) is 6. The van der Waals surface area contributed by atoms with E-state index in [1.54, 1.807) is 55.6 Å². The summed E-state index contributed by atoms with van der Waals surface area (Å²) in [4.78, 5) is 0. The van der Waals surface area contributed by atoms with Crippen molar-refractivity contribution in [3.8, 4) is 50.6 Å². The van der Waals surface area contributed by atoms with Gasteiger partial charge in [-0.1, -0.05) is 76.7 Å². The predicted octanol–water partition coefficient (Wildman–Crippen LogP) is 10.2. The van der Waals surface area contributed by atoms with Gasteiger partial charge in [0.1, 0.15) is 17.2 Å². The lowest BCUT2D eigenvalue weighted by atomic mass is 10.0. The second-order valence-electron chi connectivity index (χ2n) is 11.2. The van der Waals surface area contributed by atoms with E-state index in [0.717, 1.165) is 27.9 Å². The van der Waals surface area contributed by atoms with Gasteiger partial charge in [-0.05, 0) is 95.1 Å². The van der Waals surface area contributed by atoms with E-state index in [1.165, 1.54) is 14.2 Å². The molecule has 6 aromatic rings. The molecule has 6 aromatic carbocycles. The lowest BCUT2D eigenvalue weighted by molar-refractivity contribution is 0.416. The molecule has 0 atom stereocenters. The predicted molar refractivity (Wildman–Crippen MR) is 222 cm³/mol. The molecule has 0 bridgehead atoms. The number of rotatable bonds is 6. The molecule has 6 rings (SSSR count). The van der Waals surface area contributed by atoms with Crippen LogP contribution in [0.2, 0.25) is 20.1 Å². The summed E-state index contributed by atoms with van der Waals surface area (Å²) >= 11 is 24.4. The summed E-state index contributed by atoms with van der Waals surface area (Å²) in [6.07, 6.45) is 0. The van der Waals surface area contributed by atoms with Gasteiger partial charge < -0.3 is 48.6 Å². The summed E-state index contributed by atoms with van der Waals surface area (Å²) in [6, 6.07) is 31.0.